The first-order valence-corrected chi connectivity index (χ1v) is 5.39. The summed E-state index contributed by atoms with van der Waals surface area (Å²) < 4.78 is 0. The summed E-state index contributed by atoms with van der Waals surface area (Å²) in [7, 11) is 0. The SMILES string of the molecule is CC.c1cnc2c(c1)CCC1CC21. The molecule has 2 atom stereocenters. The molecule has 2 aliphatic rings. The van der Waals surface area contributed by atoms with E-state index in [1.54, 1.807) is 0 Å². The highest BCUT2D eigenvalue weighted by atomic mass is 14.7. The number of aromatic nitrogens is 1. The van der Waals surface area contributed by atoms with Gasteiger partial charge in [0.1, 0.15) is 0 Å². The minimum Gasteiger partial charge on any atom is -0.261 e. The molecule has 1 nitrogen and oxygen atoms in total. The number of hydrogen-bond acceptors (Lipinski definition) is 1. The fourth-order valence-corrected chi connectivity index (χ4v) is 2.24. The van der Waals surface area contributed by atoms with Crippen LogP contribution in [-0.4, -0.2) is 4.98 Å². The van der Waals surface area contributed by atoms with Crippen LogP contribution in [0.5, 0.6) is 0 Å². The quantitative estimate of drug-likeness (QED) is 0.590. The number of fused-ring (bicyclic) bond motifs is 3. The Morgan fingerprint density at radius 1 is 1.38 bits per heavy atom. The van der Waals surface area contributed by atoms with Crippen molar-refractivity contribution in [2.75, 3.05) is 0 Å². The second kappa shape index (κ2) is 3.49. The maximum atomic E-state index is 4.44. The van der Waals surface area contributed by atoms with Crippen molar-refractivity contribution in [1.82, 2.24) is 4.98 Å². The zero-order valence-corrected chi connectivity index (χ0v) is 8.46. The summed E-state index contributed by atoms with van der Waals surface area (Å²) in [5, 5.41) is 0. The molecule has 0 saturated heterocycles. The third-order valence-corrected chi connectivity index (χ3v) is 2.98. The predicted molar refractivity (Wildman–Crippen MR) is 54.8 cm³/mol. The summed E-state index contributed by atoms with van der Waals surface area (Å²) in [6.45, 7) is 4.00. The smallest absolute Gasteiger partial charge is 0.0469 e. The highest BCUT2D eigenvalue weighted by molar-refractivity contribution is 5.31. The van der Waals surface area contributed by atoms with Crippen LogP contribution in [0, 0.1) is 5.92 Å². The van der Waals surface area contributed by atoms with E-state index in [-0.39, 0.29) is 0 Å². The summed E-state index contributed by atoms with van der Waals surface area (Å²) in [6, 6.07) is 4.29. The second-order valence-electron chi connectivity index (χ2n) is 3.69. The van der Waals surface area contributed by atoms with Crippen LogP contribution >= 0.6 is 0 Å². The molecule has 1 aromatic rings. The molecule has 3 rings (SSSR count). The Morgan fingerprint density at radius 3 is 3.08 bits per heavy atom. The van der Waals surface area contributed by atoms with Gasteiger partial charge in [0.15, 0.2) is 0 Å². The summed E-state index contributed by atoms with van der Waals surface area (Å²) >= 11 is 0. The zero-order chi connectivity index (χ0) is 9.26. The maximum Gasteiger partial charge on any atom is 0.0469 e. The summed E-state index contributed by atoms with van der Waals surface area (Å²) in [5.74, 6) is 1.84. The third kappa shape index (κ3) is 1.48. The lowest BCUT2D eigenvalue weighted by Gasteiger charge is -2.12. The van der Waals surface area contributed by atoms with Crippen molar-refractivity contribution < 1.29 is 0 Å². The zero-order valence-electron chi connectivity index (χ0n) is 8.46. The van der Waals surface area contributed by atoms with E-state index in [1.165, 1.54) is 30.5 Å². The van der Waals surface area contributed by atoms with Gasteiger partial charge in [-0.15, -0.1) is 0 Å². The lowest BCUT2D eigenvalue weighted by molar-refractivity contribution is 0.654. The topological polar surface area (TPSA) is 12.9 Å². The number of nitrogens with zero attached hydrogens (tertiary/aromatic N) is 1. The molecular formula is C12H17N. The normalized spacial score (nSPS) is 27.8. The van der Waals surface area contributed by atoms with Gasteiger partial charge in [-0.05, 0) is 36.8 Å². The Bertz CT molecular complexity index is 293. The summed E-state index contributed by atoms with van der Waals surface area (Å²) in [6.07, 6.45) is 6.01. The largest absolute Gasteiger partial charge is 0.261 e. The molecule has 1 heterocycles. The van der Waals surface area contributed by atoms with E-state index in [2.05, 4.69) is 17.1 Å². The van der Waals surface area contributed by atoms with Gasteiger partial charge in [-0.3, -0.25) is 4.98 Å². The monoisotopic (exact) mass is 175 g/mol. The van der Waals surface area contributed by atoms with E-state index in [9.17, 15) is 0 Å². The van der Waals surface area contributed by atoms with Crippen LogP contribution in [0.2, 0.25) is 0 Å². The molecule has 0 spiro atoms. The highest BCUT2D eigenvalue weighted by Crippen LogP contribution is 2.53. The molecule has 70 valence electrons. The number of pyridine rings is 1. The van der Waals surface area contributed by atoms with Crippen LogP contribution in [0.15, 0.2) is 18.3 Å². The van der Waals surface area contributed by atoms with Crippen LogP contribution in [0.1, 0.15) is 43.9 Å². The molecule has 1 saturated carbocycles. The van der Waals surface area contributed by atoms with Gasteiger partial charge < -0.3 is 0 Å². The van der Waals surface area contributed by atoms with Gasteiger partial charge in [-0.25, -0.2) is 0 Å². The van der Waals surface area contributed by atoms with Crippen LogP contribution in [0.4, 0.5) is 0 Å². The number of aryl methyl sites for hydroxylation is 1. The molecule has 2 aliphatic carbocycles. The first-order valence-electron chi connectivity index (χ1n) is 5.39. The first kappa shape index (κ1) is 8.74. The van der Waals surface area contributed by atoms with Crippen LogP contribution in [0.25, 0.3) is 0 Å². The minimum absolute atomic E-state index is 0.847. The molecule has 0 bridgehead atoms. The van der Waals surface area contributed by atoms with Crippen molar-refractivity contribution in [3.63, 3.8) is 0 Å². The molecular weight excluding hydrogens is 158 g/mol. The molecule has 0 aromatic carbocycles. The third-order valence-electron chi connectivity index (χ3n) is 2.98. The van der Waals surface area contributed by atoms with Crippen LogP contribution in [0.3, 0.4) is 0 Å². The Balaban J connectivity index is 0.000000308. The first-order chi connectivity index (χ1) is 6.45. The van der Waals surface area contributed by atoms with Crippen molar-refractivity contribution >= 4 is 0 Å². The Kier molecular flexibility index (Phi) is 2.34. The van der Waals surface area contributed by atoms with Crippen molar-refractivity contribution in [3.8, 4) is 0 Å². The van der Waals surface area contributed by atoms with Gasteiger partial charge in [-0.2, -0.15) is 0 Å². The summed E-state index contributed by atoms with van der Waals surface area (Å²) in [4.78, 5) is 4.44. The second-order valence-corrected chi connectivity index (χ2v) is 3.69. The Morgan fingerprint density at radius 2 is 2.23 bits per heavy atom. The van der Waals surface area contributed by atoms with E-state index in [1.807, 2.05) is 20.0 Å². The fraction of sp³-hybridized carbons (Fsp3) is 0.583. The lowest BCUT2D eigenvalue weighted by atomic mass is 9.96. The standard InChI is InChI=1S/C10H11N.C2H6/c1-2-7-3-4-8-6-9(8)10(7)11-5-1;1-2/h1-2,5,8-9H,3-4,6H2;1-2H3. The van der Waals surface area contributed by atoms with Crippen molar-refractivity contribution in [2.45, 2.75) is 39.0 Å². The Hall–Kier alpha value is -0.850. The molecule has 0 amide bonds. The van der Waals surface area contributed by atoms with Crippen molar-refractivity contribution in [3.05, 3.63) is 29.6 Å². The van der Waals surface area contributed by atoms with Gasteiger partial charge in [0.05, 0.1) is 0 Å². The molecule has 1 aromatic heterocycles. The molecule has 13 heavy (non-hydrogen) atoms. The van der Waals surface area contributed by atoms with Gasteiger partial charge in [0.2, 0.25) is 0 Å². The van der Waals surface area contributed by atoms with Gasteiger partial charge in [0.25, 0.3) is 0 Å². The van der Waals surface area contributed by atoms with Crippen LogP contribution in [-0.2, 0) is 6.42 Å². The van der Waals surface area contributed by atoms with Crippen LogP contribution < -0.4 is 0 Å². The van der Waals surface area contributed by atoms with Gasteiger partial charge in [-0.1, -0.05) is 19.9 Å². The molecule has 1 heteroatoms. The van der Waals surface area contributed by atoms with E-state index in [0.717, 1.165) is 11.8 Å². The minimum atomic E-state index is 0.847. The van der Waals surface area contributed by atoms with E-state index >= 15 is 0 Å². The highest BCUT2D eigenvalue weighted by Gasteiger charge is 2.42. The molecule has 0 N–H and O–H groups in total. The van der Waals surface area contributed by atoms with E-state index in [4.69, 9.17) is 0 Å². The molecule has 2 unspecified atom stereocenters. The lowest BCUT2D eigenvalue weighted by Crippen LogP contribution is -2.02. The van der Waals surface area contributed by atoms with Crippen molar-refractivity contribution in [1.29, 1.82) is 0 Å². The summed E-state index contributed by atoms with van der Waals surface area (Å²) in [5.41, 5.74) is 2.91. The molecule has 0 radical (unpaired) electrons. The average Bonchev–Trinajstić information content (AvgIpc) is 3.00. The molecule has 0 aliphatic heterocycles. The number of rotatable bonds is 0. The van der Waals surface area contributed by atoms with E-state index < -0.39 is 0 Å². The predicted octanol–water partition coefficient (Wildman–Crippen LogP) is 3.16. The van der Waals surface area contributed by atoms with Gasteiger partial charge >= 0.3 is 0 Å². The molecule has 1 fully saturated rings. The fourth-order valence-electron chi connectivity index (χ4n) is 2.24. The van der Waals surface area contributed by atoms with E-state index in [0.29, 0.717) is 0 Å². The maximum absolute atomic E-state index is 4.44. The van der Waals surface area contributed by atoms with Crippen molar-refractivity contribution in [2.24, 2.45) is 5.92 Å². The average molecular weight is 175 g/mol. The number of hydrogen-bond donors (Lipinski definition) is 0. The Labute approximate surface area is 80.2 Å². The van der Waals surface area contributed by atoms with Gasteiger partial charge in [0, 0.05) is 17.8 Å².